The van der Waals surface area contributed by atoms with Crippen LogP contribution in [0.4, 0.5) is 28.4 Å². The Hall–Kier alpha value is -6.47. The van der Waals surface area contributed by atoms with Gasteiger partial charge in [-0.3, -0.25) is 24.3 Å². The number of hydrogen-bond acceptors (Lipinski definition) is 10. The molecule has 5 aromatic rings. The van der Waals surface area contributed by atoms with Crippen molar-refractivity contribution in [1.82, 2.24) is 0 Å². The molecule has 5 aromatic carbocycles. The maximum Gasteiger partial charge on any atom is 0.261 e. The standard InChI is InChI=1S/C51H53N5O7S/c1-30(2)64-51(3,4)16-15-48(57)54-35-18-31(28-62-46-24-40-38(22-44(46)60-5)49(58)55-36(26-52-40)20-33-11-7-9-13-42(33)55)17-32(19-35)29-63-47-25-41-39(23-45(47)61-6)50(59)56-37(27-53-41)21-34-12-8-10-14-43(34)56/h7-14,17-19,22-26,30,36-37,53H,15-16,20-21,27-29H2,1-6H3,(H,54,57). The summed E-state index contributed by atoms with van der Waals surface area (Å²) in [6, 6.07) is 28.5. The molecular weight excluding hydrogens is 827 g/mol. The van der Waals surface area contributed by atoms with Crippen LogP contribution in [0.15, 0.2) is 96.0 Å². The lowest BCUT2D eigenvalue weighted by Crippen LogP contribution is -2.39. The molecule has 0 fully saturated rings. The van der Waals surface area contributed by atoms with E-state index in [0.717, 1.165) is 40.0 Å². The molecule has 9 rings (SSSR count). The third kappa shape index (κ3) is 8.60. The highest BCUT2D eigenvalue weighted by Gasteiger charge is 2.39. The highest BCUT2D eigenvalue weighted by atomic mass is 32.2. The molecule has 3 amide bonds. The average molecular weight is 880 g/mol. The van der Waals surface area contributed by atoms with Crippen molar-refractivity contribution in [3.05, 3.63) is 124 Å². The first kappa shape index (κ1) is 42.8. The van der Waals surface area contributed by atoms with Crippen LogP contribution in [0.3, 0.4) is 0 Å². The number of rotatable bonds is 14. The average Bonchev–Trinajstić information content (AvgIpc) is 3.77. The van der Waals surface area contributed by atoms with Crippen LogP contribution in [0.25, 0.3) is 0 Å². The number of hydrogen-bond donors (Lipinski definition) is 2. The number of anilines is 4. The SMILES string of the molecule is COc1cc2c(cc1OCc1cc(COc3cc4c(cc3OC)C(=O)N3c5ccccc5CC3CN4)cc(NC(=O)CCC(C)(C)SC(C)C)c1)N=CC1Cc3ccccc3N1C2=O. The second kappa shape index (κ2) is 17.6. The van der Waals surface area contributed by atoms with Crippen LogP contribution in [-0.2, 0) is 30.8 Å². The minimum Gasteiger partial charge on any atom is -0.493 e. The normalized spacial score (nSPS) is 17.0. The van der Waals surface area contributed by atoms with Crippen molar-refractivity contribution in [1.29, 1.82) is 0 Å². The summed E-state index contributed by atoms with van der Waals surface area (Å²) >= 11 is 1.86. The van der Waals surface area contributed by atoms with Gasteiger partial charge >= 0.3 is 0 Å². The fourth-order valence-corrected chi connectivity index (χ4v) is 10.8. The quantitative estimate of drug-likeness (QED) is 0.112. The third-order valence-corrected chi connectivity index (χ3v) is 13.4. The predicted molar refractivity (Wildman–Crippen MR) is 254 cm³/mol. The number of ether oxygens (including phenoxy) is 4. The number of nitrogens with zero attached hydrogens (tertiary/aromatic N) is 3. The summed E-state index contributed by atoms with van der Waals surface area (Å²) in [5, 5.41) is 7.07. The smallest absolute Gasteiger partial charge is 0.261 e. The summed E-state index contributed by atoms with van der Waals surface area (Å²) in [6.07, 6.45) is 4.37. The molecule has 64 heavy (non-hydrogen) atoms. The molecule has 0 radical (unpaired) electrons. The molecule has 0 saturated heterocycles. The van der Waals surface area contributed by atoms with E-state index >= 15 is 0 Å². The molecule has 2 atom stereocenters. The minimum atomic E-state index is -0.188. The van der Waals surface area contributed by atoms with Gasteiger partial charge in [-0.15, -0.1) is 0 Å². The molecule has 330 valence electrons. The van der Waals surface area contributed by atoms with Crippen LogP contribution in [0.1, 0.15) is 83.5 Å². The number of carbonyl (C=O) groups excluding carboxylic acids is 3. The van der Waals surface area contributed by atoms with E-state index < -0.39 is 0 Å². The van der Waals surface area contributed by atoms with E-state index in [9.17, 15) is 14.4 Å². The number of nitrogens with one attached hydrogen (secondary N) is 2. The molecule has 4 aliphatic rings. The first-order valence-corrected chi connectivity index (χ1v) is 22.7. The van der Waals surface area contributed by atoms with Crippen molar-refractivity contribution in [2.75, 3.05) is 41.2 Å². The van der Waals surface area contributed by atoms with Gasteiger partial charge in [0.15, 0.2) is 23.0 Å². The van der Waals surface area contributed by atoms with E-state index in [-0.39, 0.29) is 47.8 Å². The van der Waals surface area contributed by atoms with Crippen molar-refractivity contribution in [2.24, 2.45) is 4.99 Å². The number of benzene rings is 5. The first-order chi connectivity index (χ1) is 30.9. The van der Waals surface area contributed by atoms with E-state index in [2.05, 4.69) is 44.4 Å². The lowest BCUT2D eigenvalue weighted by molar-refractivity contribution is -0.116. The van der Waals surface area contributed by atoms with Gasteiger partial charge in [0.2, 0.25) is 5.91 Å². The Bertz CT molecular complexity index is 2680. The number of methoxy groups -OCH3 is 2. The van der Waals surface area contributed by atoms with Gasteiger partial charge < -0.3 is 34.5 Å². The van der Waals surface area contributed by atoms with Gasteiger partial charge in [-0.05, 0) is 82.8 Å². The Morgan fingerprint density at radius 1 is 0.797 bits per heavy atom. The zero-order valence-corrected chi connectivity index (χ0v) is 37.8. The van der Waals surface area contributed by atoms with Gasteiger partial charge in [-0.25, -0.2) is 0 Å². The molecule has 0 saturated carbocycles. The summed E-state index contributed by atoms with van der Waals surface area (Å²) in [7, 11) is 3.11. The van der Waals surface area contributed by atoms with Crippen LogP contribution >= 0.6 is 11.8 Å². The van der Waals surface area contributed by atoms with Crippen LogP contribution < -0.4 is 39.4 Å². The molecule has 2 unspecified atom stereocenters. The second-order valence-corrected chi connectivity index (χ2v) is 19.8. The fourth-order valence-electron chi connectivity index (χ4n) is 9.26. The van der Waals surface area contributed by atoms with E-state index in [1.165, 1.54) is 0 Å². The number of fused-ring (bicyclic) bond motifs is 8. The zero-order valence-electron chi connectivity index (χ0n) is 37.0. The highest BCUT2D eigenvalue weighted by Crippen LogP contribution is 2.43. The predicted octanol–water partition coefficient (Wildman–Crippen LogP) is 9.79. The van der Waals surface area contributed by atoms with E-state index in [4.69, 9.17) is 23.9 Å². The second-order valence-electron chi connectivity index (χ2n) is 17.6. The van der Waals surface area contributed by atoms with Crippen LogP contribution in [0.2, 0.25) is 0 Å². The van der Waals surface area contributed by atoms with Gasteiger partial charge in [-0.2, -0.15) is 11.8 Å². The van der Waals surface area contributed by atoms with E-state index in [0.29, 0.717) is 82.2 Å². The molecule has 4 aliphatic heterocycles. The van der Waals surface area contributed by atoms with Crippen molar-refractivity contribution in [3.63, 3.8) is 0 Å². The molecule has 0 spiro atoms. The van der Waals surface area contributed by atoms with Crippen LogP contribution in [0, 0.1) is 0 Å². The molecule has 0 aromatic heterocycles. The summed E-state index contributed by atoms with van der Waals surface area (Å²) in [5.74, 6) is 1.39. The van der Waals surface area contributed by atoms with Crippen molar-refractivity contribution in [2.45, 2.75) is 88.7 Å². The Balaban J connectivity index is 0.967. The lowest BCUT2D eigenvalue weighted by atomic mass is 10.1. The number of thioether (sulfide) groups is 1. The maximum atomic E-state index is 14.0. The number of amides is 3. The number of aliphatic imine (C=N–C) groups is 1. The van der Waals surface area contributed by atoms with Gasteiger partial charge in [0.05, 0.1) is 48.8 Å². The topological polar surface area (TPSA) is 131 Å². The largest absolute Gasteiger partial charge is 0.493 e. The lowest BCUT2D eigenvalue weighted by Gasteiger charge is -2.26. The maximum absolute atomic E-state index is 14.0. The number of para-hydroxylation sites is 2. The number of carbonyl (C=O) groups is 3. The van der Waals surface area contributed by atoms with Crippen LogP contribution in [-0.4, -0.2) is 66.8 Å². The first-order valence-electron chi connectivity index (χ1n) is 21.8. The molecule has 12 nitrogen and oxygen atoms in total. The van der Waals surface area contributed by atoms with Gasteiger partial charge in [0, 0.05) is 59.5 Å². The molecule has 0 aliphatic carbocycles. The fraction of sp³-hybridized carbons (Fsp3) is 0.333. The molecule has 0 bridgehead atoms. The van der Waals surface area contributed by atoms with E-state index in [1.54, 1.807) is 37.3 Å². The molecule has 13 heteroatoms. The Morgan fingerprint density at radius 2 is 1.41 bits per heavy atom. The monoisotopic (exact) mass is 879 g/mol. The summed E-state index contributed by atoms with van der Waals surface area (Å²) in [5.41, 5.74) is 8.35. The van der Waals surface area contributed by atoms with Crippen molar-refractivity contribution < 1.29 is 33.3 Å². The Labute approximate surface area is 378 Å². The molecular formula is C51H53N5O7S. The molecule has 2 N–H and O–H groups in total. The molecule has 4 heterocycles. The van der Waals surface area contributed by atoms with Crippen LogP contribution in [0.5, 0.6) is 23.0 Å². The highest BCUT2D eigenvalue weighted by molar-refractivity contribution is 8.01. The zero-order chi connectivity index (χ0) is 44.7. The summed E-state index contributed by atoms with van der Waals surface area (Å²) in [4.78, 5) is 50.0. The Morgan fingerprint density at radius 3 is 2.08 bits per heavy atom. The van der Waals surface area contributed by atoms with E-state index in [1.807, 2.05) is 89.6 Å². The Kier molecular flexibility index (Phi) is 11.8. The third-order valence-electron chi connectivity index (χ3n) is 12.1. The van der Waals surface area contributed by atoms with Crippen molar-refractivity contribution in [3.8, 4) is 23.0 Å². The van der Waals surface area contributed by atoms with Gasteiger partial charge in [-0.1, -0.05) is 64.1 Å². The summed E-state index contributed by atoms with van der Waals surface area (Å²) < 4.78 is 24.4. The van der Waals surface area contributed by atoms with Crippen molar-refractivity contribution >= 4 is 64.1 Å². The minimum absolute atomic E-state index is 0.0110. The summed E-state index contributed by atoms with van der Waals surface area (Å²) in [6.45, 7) is 9.49. The van der Waals surface area contributed by atoms with Gasteiger partial charge in [0.1, 0.15) is 13.2 Å². The van der Waals surface area contributed by atoms with Gasteiger partial charge in [0.25, 0.3) is 11.8 Å².